The molecule has 0 heterocycles. The van der Waals surface area contributed by atoms with E-state index in [1.54, 1.807) is 0 Å². The van der Waals surface area contributed by atoms with Crippen molar-refractivity contribution in [2.45, 2.75) is 13.0 Å². The van der Waals surface area contributed by atoms with E-state index in [1.165, 1.54) is 6.92 Å². The van der Waals surface area contributed by atoms with Crippen LogP contribution in [-0.2, 0) is 4.79 Å². The van der Waals surface area contributed by atoms with Crippen molar-refractivity contribution in [3.63, 3.8) is 0 Å². The molecule has 6 heteroatoms. The molecule has 0 spiro atoms. The van der Waals surface area contributed by atoms with Gasteiger partial charge in [-0.25, -0.2) is 4.39 Å². The molecule has 0 aromatic heterocycles. The molecule has 1 atom stereocenters. The summed E-state index contributed by atoms with van der Waals surface area (Å²) in [6.45, 7) is 1.32. The molecular formula is C9H9ClFNO3. The number of hydrogen-bond donors (Lipinski definition) is 3. The predicted octanol–water partition coefficient (Wildman–Crippen LogP) is 1.58. The number of benzene rings is 1. The van der Waals surface area contributed by atoms with Crippen LogP contribution in [-0.4, -0.2) is 16.2 Å². The Kier molecular flexibility index (Phi) is 3.16. The molecule has 1 aromatic carbocycles. The zero-order valence-corrected chi connectivity index (χ0v) is 8.55. The summed E-state index contributed by atoms with van der Waals surface area (Å²) in [5, 5.41) is 17.9. The van der Waals surface area contributed by atoms with Gasteiger partial charge in [0.05, 0.1) is 5.02 Å². The van der Waals surface area contributed by atoms with E-state index in [4.69, 9.17) is 22.4 Å². The first-order valence-electron chi connectivity index (χ1n) is 4.02. The Balaban J connectivity index is 3.45. The average Bonchev–Trinajstić information content (AvgIpc) is 2.15. The summed E-state index contributed by atoms with van der Waals surface area (Å²) in [5.74, 6) is -2.56. The van der Waals surface area contributed by atoms with Gasteiger partial charge in [-0.15, -0.1) is 0 Å². The number of aliphatic carboxylic acids is 1. The summed E-state index contributed by atoms with van der Waals surface area (Å²) >= 11 is 5.50. The molecule has 0 fully saturated rings. The van der Waals surface area contributed by atoms with Gasteiger partial charge in [0.1, 0.15) is 17.6 Å². The van der Waals surface area contributed by atoms with Crippen LogP contribution < -0.4 is 5.73 Å². The molecular weight excluding hydrogens is 225 g/mol. The highest BCUT2D eigenvalue weighted by atomic mass is 35.5. The first-order valence-corrected chi connectivity index (χ1v) is 4.40. The van der Waals surface area contributed by atoms with Crippen LogP contribution >= 0.6 is 11.6 Å². The number of rotatable bonds is 2. The molecule has 0 radical (unpaired) electrons. The summed E-state index contributed by atoms with van der Waals surface area (Å²) in [5.41, 5.74) is 5.07. The number of phenolic OH excluding ortho intramolecular Hbond substituents is 1. The number of carboxylic acids is 1. The number of aromatic hydroxyl groups is 1. The molecule has 0 aliphatic carbocycles. The standard InChI is InChI=1S/C9H9ClFNO3/c1-3-5(11)2-4(10)8(13)6(3)7(12)9(14)15/h2,7,13H,12H2,1H3,(H,14,15). The van der Waals surface area contributed by atoms with Crippen molar-refractivity contribution >= 4 is 17.6 Å². The highest BCUT2D eigenvalue weighted by molar-refractivity contribution is 6.32. The van der Waals surface area contributed by atoms with Crippen LogP contribution in [0.5, 0.6) is 5.75 Å². The van der Waals surface area contributed by atoms with Gasteiger partial charge in [0, 0.05) is 5.56 Å². The van der Waals surface area contributed by atoms with Crippen molar-refractivity contribution in [3.8, 4) is 5.75 Å². The summed E-state index contributed by atoms with van der Waals surface area (Å²) in [6.07, 6.45) is 0. The third kappa shape index (κ3) is 2.03. The van der Waals surface area contributed by atoms with Gasteiger partial charge in [-0.05, 0) is 18.6 Å². The van der Waals surface area contributed by atoms with E-state index in [0.717, 1.165) is 6.07 Å². The smallest absolute Gasteiger partial charge is 0.325 e. The Morgan fingerprint density at radius 3 is 2.67 bits per heavy atom. The monoisotopic (exact) mass is 233 g/mol. The molecule has 0 saturated carbocycles. The van der Waals surface area contributed by atoms with Crippen LogP contribution in [0.1, 0.15) is 17.2 Å². The number of nitrogens with two attached hydrogens (primary N) is 1. The van der Waals surface area contributed by atoms with Crippen molar-refractivity contribution in [1.29, 1.82) is 0 Å². The molecule has 4 N–H and O–H groups in total. The maximum Gasteiger partial charge on any atom is 0.325 e. The second kappa shape index (κ2) is 4.04. The van der Waals surface area contributed by atoms with Crippen LogP contribution in [0.4, 0.5) is 4.39 Å². The van der Waals surface area contributed by atoms with Gasteiger partial charge in [0.2, 0.25) is 0 Å². The molecule has 1 aromatic rings. The number of halogens is 2. The highest BCUT2D eigenvalue weighted by Crippen LogP contribution is 2.35. The Morgan fingerprint density at radius 1 is 1.67 bits per heavy atom. The fraction of sp³-hybridized carbons (Fsp3) is 0.222. The van der Waals surface area contributed by atoms with Crippen molar-refractivity contribution in [2.75, 3.05) is 0 Å². The van der Waals surface area contributed by atoms with E-state index < -0.39 is 23.6 Å². The van der Waals surface area contributed by atoms with E-state index in [1.807, 2.05) is 0 Å². The van der Waals surface area contributed by atoms with Crippen molar-refractivity contribution in [3.05, 3.63) is 28.0 Å². The summed E-state index contributed by atoms with van der Waals surface area (Å²) in [7, 11) is 0. The second-order valence-electron chi connectivity index (χ2n) is 3.04. The van der Waals surface area contributed by atoms with E-state index in [9.17, 15) is 14.3 Å². The molecule has 1 unspecified atom stereocenters. The fourth-order valence-corrected chi connectivity index (χ4v) is 1.42. The molecule has 0 amide bonds. The topological polar surface area (TPSA) is 83.5 Å². The van der Waals surface area contributed by atoms with Crippen LogP contribution in [0, 0.1) is 12.7 Å². The van der Waals surface area contributed by atoms with Gasteiger partial charge in [-0.3, -0.25) is 4.79 Å². The Labute approximate surface area is 90.1 Å². The van der Waals surface area contributed by atoms with E-state index >= 15 is 0 Å². The number of carboxylic acid groups (broad SMARTS) is 1. The number of phenols is 1. The van der Waals surface area contributed by atoms with Crippen molar-refractivity contribution < 1.29 is 19.4 Å². The van der Waals surface area contributed by atoms with Gasteiger partial charge >= 0.3 is 5.97 Å². The zero-order chi connectivity index (χ0) is 11.7. The quantitative estimate of drug-likeness (QED) is 0.724. The molecule has 15 heavy (non-hydrogen) atoms. The van der Waals surface area contributed by atoms with E-state index in [-0.39, 0.29) is 16.1 Å². The van der Waals surface area contributed by atoms with Crippen LogP contribution in [0.3, 0.4) is 0 Å². The zero-order valence-electron chi connectivity index (χ0n) is 7.79. The Bertz CT molecular complexity index is 396. The van der Waals surface area contributed by atoms with Gasteiger partial charge in [-0.1, -0.05) is 11.6 Å². The minimum Gasteiger partial charge on any atom is -0.506 e. The SMILES string of the molecule is Cc1c(F)cc(Cl)c(O)c1C(N)C(=O)O. The lowest BCUT2D eigenvalue weighted by Gasteiger charge is -2.14. The second-order valence-corrected chi connectivity index (χ2v) is 3.45. The normalized spacial score (nSPS) is 12.5. The molecule has 0 bridgehead atoms. The van der Waals surface area contributed by atoms with Gasteiger partial charge < -0.3 is 15.9 Å². The minimum absolute atomic E-state index is 0.0215. The van der Waals surface area contributed by atoms with Crippen LogP contribution in [0.2, 0.25) is 5.02 Å². The number of hydrogen-bond acceptors (Lipinski definition) is 3. The average molecular weight is 234 g/mol. The highest BCUT2D eigenvalue weighted by Gasteiger charge is 2.24. The maximum atomic E-state index is 13.2. The number of carbonyl (C=O) groups is 1. The molecule has 0 aliphatic heterocycles. The van der Waals surface area contributed by atoms with Crippen molar-refractivity contribution in [2.24, 2.45) is 5.73 Å². The summed E-state index contributed by atoms with van der Waals surface area (Å²) in [4.78, 5) is 10.6. The first-order chi connectivity index (χ1) is 6.86. The first kappa shape index (κ1) is 11.7. The summed E-state index contributed by atoms with van der Waals surface area (Å²) < 4.78 is 13.2. The summed E-state index contributed by atoms with van der Waals surface area (Å²) in [6, 6.07) is -0.595. The lowest BCUT2D eigenvalue weighted by Crippen LogP contribution is -2.22. The van der Waals surface area contributed by atoms with E-state index in [0.29, 0.717) is 0 Å². The van der Waals surface area contributed by atoms with Gasteiger partial charge in [0.25, 0.3) is 0 Å². The third-order valence-corrected chi connectivity index (χ3v) is 2.36. The lowest BCUT2D eigenvalue weighted by atomic mass is 10.0. The van der Waals surface area contributed by atoms with Gasteiger partial charge in [-0.2, -0.15) is 0 Å². The molecule has 4 nitrogen and oxygen atoms in total. The molecule has 0 aliphatic rings. The van der Waals surface area contributed by atoms with E-state index in [2.05, 4.69) is 0 Å². The fourth-order valence-electron chi connectivity index (χ4n) is 1.23. The largest absolute Gasteiger partial charge is 0.506 e. The third-order valence-electron chi connectivity index (χ3n) is 2.07. The van der Waals surface area contributed by atoms with Gasteiger partial charge in [0.15, 0.2) is 0 Å². The Morgan fingerprint density at radius 2 is 2.20 bits per heavy atom. The predicted molar refractivity (Wildman–Crippen MR) is 52.4 cm³/mol. The molecule has 82 valence electrons. The Hall–Kier alpha value is -1.33. The lowest BCUT2D eigenvalue weighted by molar-refractivity contribution is -0.138. The van der Waals surface area contributed by atoms with Crippen LogP contribution in [0.15, 0.2) is 6.07 Å². The minimum atomic E-state index is -1.50. The van der Waals surface area contributed by atoms with Crippen molar-refractivity contribution in [1.82, 2.24) is 0 Å². The molecule has 0 saturated heterocycles. The molecule has 1 rings (SSSR count). The maximum absolute atomic E-state index is 13.2. The van der Waals surface area contributed by atoms with Crippen LogP contribution in [0.25, 0.3) is 0 Å².